The maximum atomic E-state index is 6.18. The monoisotopic (exact) mass is 269 g/mol. The van der Waals surface area contributed by atoms with Gasteiger partial charge in [0.1, 0.15) is 0 Å². The van der Waals surface area contributed by atoms with Gasteiger partial charge in [0, 0.05) is 12.1 Å². The molecule has 100 valence electrons. The van der Waals surface area contributed by atoms with Crippen LogP contribution in [-0.4, -0.2) is 19.8 Å². The Hall–Kier alpha value is -0.930. The largest absolute Gasteiger partial charge is 0.493 e. The predicted molar refractivity (Wildman–Crippen MR) is 73.7 cm³/mol. The first kappa shape index (κ1) is 13.5. The number of rotatable bonds is 5. The molecule has 0 amide bonds. The van der Waals surface area contributed by atoms with E-state index in [1.54, 1.807) is 14.2 Å². The molecule has 18 heavy (non-hydrogen) atoms. The highest BCUT2D eigenvalue weighted by molar-refractivity contribution is 6.32. The van der Waals surface area contributed by atoms with E-state index >= 15 is 0 Å². The molecule has 1 aliphatic rings. The summed E-state index contributed by atoms with van der Waals surface area (Å²) in [6.45, 7) is 3.06. The van der Waals surface area contributed by atoms with Crippen LogP contribution < -0.4 is 14.8 Å². The molecule has 1 saturated carbocycles. The molecule has 0 aliphatic heterocycles. The molecular weight excluding hydrogens is 250 g/mol. The van der Waals surface area contributed by atoms with E-state index in [2.05, 4.69) is 12.2 Å². The zero-order valence-electron chi connectivity index (χ0n) is 11.2. The van der Waals surface area contributed by atoms with E-state index in [1.807, 2.05) is 12.1 Å². The fourth-order valence-corrected chi connectivity index (χ4v) is 2.58. The highest BCUT2D eigenvalue weighted by atomic mass is 35.5. The van der Waals surface area contributed by atoms with Gasteiger partial charge in [-0.2, -0.15) is 0 Å². The van der Waals surface area contributed by atoms with Crippen molar-refractivity contribution in [1.29, 1.82) is 0 Å². The lowest BCUT2D eigenvalue weighted by Gasteiger charge is -2.39. The van der Waals surface area contributed by atoms with E-state index < -0.39 is 0 Å². The summed E-state index contributed by atoms with van der Waals surface area (Å²) >= 11 is 6.18. The Labute approximate surface area is 113 Å². The number of halogens is 1. The Morgan fingerprint density at radius 3 is 2.50 bits per heavy atom. The van der Waals surface area contributed by atoms with E-state index in [0.29, 0.717) is 22.1 Å². The van der Waals surface area contributed by atoms with Gasteiger partial charge in [0.05, 0.1) is 19.2 Å². The summed E-state index contributed by atoms with van der Waals surface area (Å²) in [6.07, 6.45) is 3.80. The molecule has 3 nitrogen and oxygen atoms in total. The van der Waals surface area contributed by atoms with Crippen molar-refractivity contribution in [3.63, 3.8) is 0 Å². The van der Waals surface area contributed by atoms with Crippen molar-refractivity contribution in [1.82, 2.24) is 5.32 Å². The first-order valence-electron chi connectivity index (χ1n) is 6.23. The summed E-state index contributed by atoms with van der Waals surface area (Å²) in [5.74, 6) is 1.28. The third-order valence-electron chi connectivity index (χ3n) is 3.67. The minimum absolute atomic E-state index is 0.291. The Morgan fingerprint density at radius 2 is 2.00 bits per heavy atom. The van der Waals surface area contributed by atoms with Crippen molar-refractivity contribution in [3.8, 4) is 11.5 Å². The van der Waals surface area contributed by atoms with Crippen LogP contribution in [0.25, 0.3) is 0 Å². The smallest absolute Gasteiger partial charge is 0.179 e. The second kappa shape index (κ2) is 5.37. The van der Waals surface area contributed by atoms with E-state index in [0.717, 1.165) is 12.1 Å². The SMILES string of the molecule is COc1cc(CNC2(C)CCC2)cc(Cl)c1OC. The van der Waals surface area contributed by atoms with Crippen molar-refractivity contribution < 1.29 is 9.47 Å². The molecule has 1 aliphatic carbocycles. The van der Waals surface area contributed by atoms with Gasteiger partial charge in [-0.1, -0.05) is 11.6 Å². The number of nitrogens with one attached hydrogen (secondary N) is 1. The molecule has 1 N–H and O–H groups in total. The topological polar surface area (TPSA) is 30.5 Å². The second-order valence-electron chi connectivity index (χ2n) is 5.08. The third kappa shape index (κ3) is 2.73. The van der Waals surface area contributed by atoms with Gasteiger partial charge in [-0.05, 0) is 43.9 Å². The molecule has 0 unspecified atom stereocenters. The van der Waals surface area contributed by atoms with Gasteiger partial charge < -0.3 is 14.8 Å². The average Bonchev–Trinajstić information content (AvgIpc) is 2.33. The molecule has 0 radical (unpaired) electrons. The van der Waals surface area contributed by atoms with Crippen LogP contribution in [0.5, 0.6) is 11.5 Å². The maximum absolute atomic E-state index is 6.18. The fraction of sp³-hybridized carbons (Fsp3) is 0.571. The summed E-state index contributed by atoms with van der Waals surface area (Å²) in [4.78, 5) is 0. The Bertz CT molecular complexity index is 430. The second-order valence-corrected chi connectivity index (χ2v) is 5.49. The van der Waals surface area contributed by atoms with Gasteiger partial charge >= 0.3 is 0 Å². The van der Waals surface area contributed by atoms with Crippen LogP contribution in [0.3, 0.4) is 0 Å². The molecule has 1 aromatic rings. The summed E-state index contributed by atoms with van der Waals surface area (Å²) < 4.78 is 10.5. The molecule has 0 heterocycles. The van der Waals surface area contributed by atoms with E-state index in [1.165, 1.54) is 19.3 Å². The Balaban J connectivity index is 2.11. The molecule has 1 fully saturated rings. The van der Waals surface area contributed by atoms with Crippen LogP contribution in [0.1, 0.15) is 31.7 Å². The molecule has 2 rings (SSSR count). The van der Waals surface area contributed by atoms with Crippen LogP contribution >= 0.6 is 11.6 Å². The molecule has 0 spiro atoms. The van der Waals surface area contributed by atoms with Crippen LogP contribution in [0.4, 0.5) is 0 Å². The maximum Gasteiger partial charge on any atom is 0.179 e. The first-order chi connectivity index (χ1) is 8.58. The number of hydrogen-bond donors (Lipinski definition) is 1. The van der Waals surface area contributed by atoms with E-state index in [4.69, 9.17) is 21.1 Å². The molecule has 1 aromatic carbocycles. The van der Waals surface area contributed by atoms with E-state index in [-0.39, 0.29) is 0 Å². The lowest BCUT2D eigenvalue weighted by Crippen LogP contribution is -2.47. The number of hydrogen-bond acceptors (Lipinski definition) is 3. The Morgan fingerprint density at radius 1 is 1.28 bits per heavy atom. The zero-order chi connectivity index (χ0) is 13.2. The van der Waals surface area contributed by atoms with Gasteiger partial charge in [0.2, 0.25) is 0 Å². The van der Waals surface area contributed by atoms with Crippen LogP contribution in [0.2, 0.25) is 5.02 Å². The van der Waals surface area contributed by atoms with Crippen molar-refractivity contribution >= 4 is 11.6 Å². The lowest BCUT2D eigenvalue weighted by atomic mass is 9.78. The van der Waals surface area contributed by atoms with Gasteiger partial charge in [0.25, 0.3) is 0 Å². The summed E-state index contributed by atoms with van der Waals surface area (Å²) in [5.41, 5.74) is 1.41. The molecule has 0 aromatic heterocycles. The summed E-state index contributed by atoms with van der Waals surface area (Å²) in [5, 5.41) is 4.16. The van der Waals surface area contributed by atoms with Crippen LogP contribution in [0.15, 0.2) is 12.1 Å². The molecule has 0 atom stereocenters. The van der Waals surface area contributed by atoms with Gasteiger partial charge in [-0.25, -0.2) is 0 Å². The number of benzene rings is 1. The molecule has 0 bridgehead atoms. The predicted octanol–water partition coefficient (Wildman–Crippen LogP) is 3.39. The van der Waals surface area contributed by atoms with Gasteiger partial charge in [0.15, 0.2) is 11.5 Å². The van der Waals surface area contributed by atoms with Gasteiger partial charge in [-0.15, -0.1) is 0 Å². The first-order valence-corrected chi connectivity index (χ1v) is 6.61. The van der Waals surface area contributed by atoms with Crippen molar-refractivity contribution in [2.24, 2.45) is 0 Å². The normalized spacial score (nSPS) is 17.1. The van der Waals surface area contributed by atoms with Crippen molar-refractivity contribution in [3.05, 3.63) is 22.7 Å². The van der Waals surface area contributed by atoms with Crippen molar-refractivity contribution in [2.75, 3.05) is 14.2 Å². The summed E-state index contributed by atoms with van der Waals surface area (Å²) in [6, 6.07) is 3.90. The number of ether oxygens (including phenoxy) is 2. The Kier molecular flexibility index (Phi) is 4.03. The highest BCUT2D eigenvalue weighted by Gasteiger charge is 2.30. The standard InChI is InChI=1S/C14H20ClNO2/c1-14(5-4-6-14)16-9-10-7-11(15)13(18-3)12(8-10)17-2/h7-8,16H,4-6,9H2,1-3H3. The number of methoxy groups -OCH3 is 2. The minimum atomic E-state index is 0.291. The third-order valence-corrected chi connectivity index (χ3v) is 3.95. The molecular formula is C14H20ClNO2. The van der Waals surface area contributed by atoms with Crippen LogP contribution in [-0.2, 0) is 6.54 Å². The highest BCUT2D eigenvalue weighted by Crippen LogP contribution is 2.36. The lowest BCUT2D eigenvalue weighted by molar-refractivity contribution is 0.206. The average molecular weight is 270 g/mol. The zero-order valence-corrected chi connectivity index (χ0v) is 11.9. The van der Waals surface area contributed by atoms with Gasteiger partial charge in [-0.3, -0.25) is 0 Å². The minimum Gasteiger partial charge on any atom is -0.493 e. The van der Waals surface area contributed by atoms with Crippen molar-refractivity contribution in [2.45, 2.75) is 38.3 Å². The summed E-state index contributed by atoms with van der Waals surface area (Å²) in [7, 11) is 3.22. The quantitative estimate of drug-likeness (QED) is 0.889. The molecule has 0 saturated heterocycles. The molecule has 4 heteroatoms. The van der Waals surface area contributed by atoms with Crippen LogP contribution in [0, 0.1) is 0 Å². The fourth-order valence-electron chi connectivity index (χ4n) is 2.27. The van der Waals surface area contributed by atoms with E-state index in [9.17, 15) is 0 Å².